The third kappa shape index (κ3) is 2.28. The van der Waals surface area contributed by atoms with E-state index in [1.807, 2.05) is 29.0 Å². The minimum Gasteiger partial charge on any atom is -0.399 e. The van der Waals surface area contributed by atoms with Crippen molar-refractivity contribution < 1.29 is 5.11 Å². The molecule has 0 saturated heterocycles. The van der Waals surface area contributed by atoms with Gasteiger partial charge in [-0.25, -0.2) is 9.97 Å². The summed E-state index contributed by atoms with van der Waals surface area (Å²) in [6.07, 6.45) is 2.90. The fourth-order valence-electron chi connectivity index (χ4n) is 2.21. The van der Waals surface area contributed by atoms with Gasteiger partial charge in [0, 0.05) is 16.8 Å². The quantitative estimate of drug-likeness (QED) is 0.721. The van der Waals surface area contributed by atoms with Gasteiger partial charge < -0.3 is 15.4 Å². The highest BCUT2D eigenvalue weighted by Gasteiger charge is 2.12. The summed E-state index contributed by atoms with van der Waals surface area (Å²) in [5.41, 5.74) is 8.23. The van der Waals surface area contributed by atoms with Crippen molar-refractivity contribution in [3.63, 3.8) is 0 Å². The van der Waals surface area contributed by atoms with Crippen LogP contribution in [0.2, 0.25) is 0 Å². The molecule has 0 amide bonds. The molecule has 1 aromatic carbocycles. The Kier molecular flexibility index (Phi) is 3.42. The lowest BCUT2D eigenvalue weighted by Crippen LogP contribution is -2.04. The molecule has 104 valence electrons. The Hall–Kier alpha value is -1.92. The Labute approximate surface area is 120 Å². The number of thiazole rings is 1. The Morgan fingerprint density at radius 1 is 1.40 bits per heavy atom. The van der Waals surface area contributed by atoms with Crippen molar-refractivity contribution in [2.75, 3.05) is 5.73 Å². The number of imidazole rings is 1. The van der Waals surface area contributed by atoms with Gasteiger partial charge in [-0.15, -0.1) is 11.3 Å². The Balaban J connectivity index is 2.04. The van der Waals surface area contributed by atoms with Crippen LogP contribution in [0.1, 0.15) is 22.6 Å². The number of nitrogen functional groups attached to an aromatic ring is 1. The van der Waals surface area contributed by atoms with E-state index in [-0.39, 0.29) is 6.61 Å². The van der Waals surface area contributed by atoms with Crippen LogP contribution >= 0.6 is 11.3 Å². The van der Waals surface area contributed by atoms with Crippen molar-refractivity contribution in [1.82, 2.24) is 14.5 Å². The molecule has 2 aromatic heterocycles. The second-order valence-corrected chi connectivity index (χ2v) is 5.79. The smallest absolute Gasteiger partial charge is 0.136 e. The first kappa shape index (κ1) is 13.1. The average Bonchev–Trinajstić information content (AvgIpc) is 3.03. The number of anilines is 1. The third-order valence-electron chi connectivity index (χ3n) is 3.24. The number of benzene rings is 1. The van der Waals surface area contributed by atoms with Crippen LogP contribution < -0.4 is 5.73 Å². The molecule has 0 aliphatic carbocycles. The van der Waals surface area contributed by atoms with Crippen LogP contribution in [0, 0.1) is 0 Å². The number of aliphatic hydroxyl groups excluding tert-OH is 1. The summed E-state index contributed by atoms with van der Waals surface area (Å²) < 4.78 is 1.99. The highest BCUT2D eigenvalue weighted by Crippen LogP contribution is 2.22. The number of nitrogens with zero attached hydrogens (tertiary/aromatic N) is 3. The zero-order chi connectivity index (χ0) is 14.1. The molecule has 0 saturated carbocycles. The largest absolute Gasteiger partial charge is 0.399 e. The van der Waals surface area contributed by atoms with Gasteiger partial charge in [-0.3, -0.25) is 0 Å². The van der Waals surface area contributed by atoms with Crippen molar-refractivity contribution in [3.05, 3.63) is 40.1 Å². The van der Waals surface area contributed by atoms with E-state index in [9.17, 15) is 5.11 Å². The van der Waals surface area contributed by atoms with E-state index < -0.39 is 0 Å². The lowest BCUT2D eigenvalue weighted by molar-refractivity contribution is 0.267. The van der Waals surface area contributed by atoms with Gasteiger partial charge in [0.25, 0.3) is 0 Å². The molecule has 0 spiro atoms. The van der Waals surface area contributed by atoms with Gasteiger partial charge >= 0.3 is 0 Å². The first-order valence-corrected chi connectivity index (χ1v) is 7.32. The first-order chi connectivity index (χ1) is 9.71. The summed E-state index contributed by atoms with van der Waals surface area (Å²) in [5, 5.41) is 10.5. The molecule has 0 radical (unpaired) electrons. The van der Waals surface area contributed by atoms with E-state index in [0.717, 1.165) is 22.5 Å². The number of aliphatic hydroxyl groups is 1. The van der Waals surface area contributed by atoms with Crippen LogP contribution in [0.3, 0.4) is 0 Å². The number of aromatic nitrogens is 3. The molecule has 2 heterocycles. The summed E-state index contributed by atoms with van der Waals surface area (Å²) in [4.78, 5) is 10.1. The number of rotatable bonds is 4. The predicted octanol–water partition coefficient (Wildman–Crippen LogP) is 2.18. The molecule has 5 nitrogen and oxygen atoms in total. The standard InChI is InChI=1S/C14H16N4OS/c1-2-10-6-16-14(20-10)7-18-12-4-3-9(15)5-11(12)17-13(18)8-19/h3-6,19H,2,7-8,15H2,1H3. The molecule has 0 bridgehead atoms. The molecule has 0 aliphatic rings. The zero-order valence-corrected chi connectivity index (χ0v) is 12.0. The van der Waals surface area contributed by atoms with Crippen LogP contribution in [0.5, 0.6) is 0 Å². The average molecular weight is 288 g/mol. The van der Waals surface area contributed by atoms with Gasteiger partial charge in [-0.1, -0.05) is 6.92 Å². The molecule has 3 N–H and O–H groups in total. The fraction of sp³-hybridized carbons (Fsp3) is 0.286. The maximum absolute atomic E-state index is 9.49. The van der Waals surface area contributed by atoms with Gasteiger partial charge in [0.15, 0.2) is 0 Å². The highest BCUT2D eigenvalue weighted by atomic mass is 32.1. The van der Waals surface area contributed by atoms with Crippen molar-refractivity contribution in [3.8, 4) is 0 Å². The zero-order valence-electron chi connectivity index (χ0n) is 11.2. The van der Waals surface area contributed by atoms with Crippen molar-refractivity contribution >= 4 is 28.1 Å². The molecule has 0 atom stereocenters. The van der Waals surface area contributed by atoms with E-state index in [2.05, 4.69) is 16.9 Å². The first-order valence-electron chi connectivity index (χ1n) is 6.50. The maximum Gasteiger partial charge on any atom is 0.136 e. The van der Waals surface area contributed by atoms with E-state index in [1.54, 1.807) is 11.3 Å². The van der Waals surface area contributed by atoms with E-state index in [0.29, 0.717) is 18.1 Å². The minimum absolute atomic E-state index is 0.0966. The second-order valence-electron chi connectivity index (χ2n) is 4.59. The van der Waals surface area contributed by atoms with Gasteiger partial charge in [0.05, 0.1) is 17.6 Å². The van der Waals surface area contributed by atoms with Gasteiger partial charge in [-0.2, -0.15) is 0 Å². The van der Waals surface area contributed by atoms with Crippen LogP contribution in [-0.2, 0) is 19.6 Å². The van der Waals surface area contributed by atoms with Crippen LogP contribution in [0.15, 0.2) is 24.4 Å². The summed E-state index contributed by atoms with van der Waals surface area (Å²) >= 11 is 1.70. The number of fused-ring (bicyclic) bond motifs is 1. The summed E-state index contributed by atoms with van der Waals surface area (Å²) in [5.74, 6) is 0.638. The Morgan fingerprint density at radius 2 is 2.25 bits per heavy atom. The SMILES string of the molecule is CCc1cnc(Cn2c(CO)nc3cc(N)ccc32)s1. The Morgan fingerprint density at radius 3 is 2.95 bits per heavy atom. The minimum atomic E-state index is -0.0966. The van der Waals surface area contributed by atoms with Crippen LogP contribution in [0.4, 0.5) is 5.69 Å². The Bertz CT molecular complexity index is 747. The monoisotopic (exact) mass is 288 g/mol. The summed E-state index contributed by atoms with van der Waals surface area (Å²) in [6.45, 7) is 2.65. The van der Waals surface area contributed by atoms with Gasteiger partial charge in [0.1, 0.15) is 17.4 Å². The third-order valence-corrected chi connectivity index (χ3v) is 4.36. The number of hydrogen-bond acceptors (Lipinski definition) is 5. The predicted molar refractivity (Wildman–Crippen MR) is 80.7 cm³/mol. The second kappa shape index (κ2) is 5.22. The summed E-state index contributed by atoms with van der Waals surface area (Å²) in [7, 11) is 0. The van der Waals surface area contributed by atoms with E-state index >= 15 is 0 Å². The molecule has 6 heteroatoms. The van der Waals surface area contributed by atoms with Crippen LogP contribution in [-0.4, -0.2) is 19.6 Å². The van der Waals surface area contributed by atoms with Gasteiger partial charge in [-0.05, 0) is 24.6 Å². The topological polar surface area (TPSA) is 77.0 Å². The molecule has 0 fully saturated rings. The number of aryl methyl sites for hydroxylation is 1. The normalized spacial score (nSPS) is 11.3. The number of hydrogen-bond donors (Lipinski definition) is 2. The van der Waals surface area contributed by atoms with Crippen LogP contribution in [0.25, 0.3) is 11.0 Å². The maximum atomic E-state index is 9.49. The molecule has 3 rings (SSSR count). The number of nitrogens with two attached hydrogens (primary N) is 1. The molecular weight excluding hydrogens is 272 g/mol. The highest BCUT2D eigenvalue weighted by molar-refractivity contribution is 7.11. The van der Waals surface area contributed by atoms with Crippen molar-refractivity contribution in [2.24, 2.45) is 0 Å². The molecule has 0 aliphatic heterocycles. The van der Waals surface area contributed by atoms with E-state index in [4.69, 9.17) is 5.73 Å². The van der Waals surface area contributed by atoms with E-state index in [1.165, 1.54) is 4.88 Å². The van der Waals surface area contributed by atoms with Gasteiger partial charge in [0.2, 0.25) is 0 Å². The fourth-order valence-corrected chi connectivity index (χ4v) is 3.07. The van der Waals surface area contributed by atoms with Crippen molar-refractivity contribution in [2.45, 2.75) is 26.5 Å². The molecule has 0 unspecified atom stereocenters. The molecule has 20 heavy (non-hydrogen) atoms. The lowest BCUT2D eigenvalue weighted by Gasteiger charge is -2.05. The van der Waals surface area contributed by atoms with Crippen molar-refractivity contribution in [1.29, 1.82) is 0 Å². The summed E-state index contributed by atoms with van der Waals surface area (Å²) in [6, 6.07) is 5.61. The molecule has 3 aromatic rings. The molecular formula is C14H16N4OS. The lowest BCUT2D eigenvalue weighted by atomic mass is 10.3.